The van der Waals surface area contributed by atoms with Crippen molar-refractivity contribution in [2.75, 3.05) is 17.3 Å². The number of carbonyl (C=O) groups excluding carboxylic acids is 2. The van der Waals surface area contributed by atoms with Crippen LogP contribution in [0.25, 0.3) is 0 Å². The lowest BCUT2D eigenvalue weighted by Gasteiger charge is -2.12. The van der Waals surface area contributed by atoms with E-state index in [-0.39, 0.29) is 24.3 Å². The number of carbonyl (C=O) groups is 2. The van der Waals surface area contributed by atoms with Gasteiger partial charge in [-0.05, 0) is 53.8 Å². The van der Waals surface area contributed by atoms with E-state index in [9.17, 15) is 9.59 Å². The van der Waals surface area contributed by atoms with Gasteiger partial charge in [-0.3, -0.25) is 9.78 Å². The van der Waals surface area contributed by atoms with Crippen molar-refractivity contribution in [1.82, 2.24) is 15.6 Å². The van der Waals surface area contributed by atoms with E-state index in [0.29, 0.717) is 25.2 Å². The van der Waals surface area contributed by atoms with Crippen LogP contribution in [0.3, 0.4) is 0 Å². The predicted molar refractivity (Wildman–Crippen MR) is 117 cm³/mol. The molecule has 28 heavy (non-hydrogen) atoms. The van der Waals surface area contributed by atoms with E-state index in [1.807, 2.05) is 36.6 Å². The van der Waals surface area contributed by atoms with Crippen LogP contribution in [0.15, 0.2) is 48.8 Å². The van der Waals surface area contributed by atoms with Crippen LogP contribution in [0.4, 0.5) is 10.5 Å². The number of pyridine rings is 1. The van der Waals surface area contributed by atoms with Crippen molar-refractivity contribution >= 4 is 41.8 Å². The van der Waals surface area contributed by atoms with Gasteiger partial charge < -0.3 is 21.7 Å². The number of amides is 3. The molecule has 0 fully saturated rings. The van der Waals surface area contributed by atoms with Gasteiger partial charge in [0.2, 0.25) is 5.91 Å². The Morgan fingerprint density at radius 2 is 1.82 bits per heavy atom. The molecule has 0 unspecified atom stereocenters. The summed E-state index contributed by atoms with van der Waals surface area (Å²) in [5.41, 5.74) is 8.35. The molecule has 3 amide bonds. The number of urea groups is 1. The third-order valence-corrected chi connectivity index (χ3v) is 4.47. The first-order chi connectivity index (χ1) is 13.1. The number of nitrogens with one attached hydrogen (secondary N) is 3. The minimum absolute atomic E-state index is 0. The van der Waals surface area contributed by atoms with E-state index in [1.165, 1.54) is 0 Å². The predicted octanol–water partition coefficient (Wildman–Crippen LogP) is 2.52. The fourth-order valence-electron chi connectivity index (χ4n) is 2.31. The maximum Gasteiger partial charge on any atom is 0.319 e. The number of aromatic nitrogens is 1. The van der Waals surface area contributed by atoms with Gasteiger partial charge in [0.1, 0.15) is 0 Å². The van der Waals surface area contributed by atoms with E-state index < -0.39 is 6.04 Å². The molecule has 1 atom stereocenters. The Labute approximate surface area is 175 Å². The van der Waals surface area contributed by atoms with Crippen molar-refractivity contribution in [3.05, 3.63) is 59.9 Å². The maximum atomic E-state index is 12.0. The number of benzene rings is 1. The average molecular weight is 424 g/mol. The minimum Gasteiger partial charge on any atom is -0.351 e. The van der Waals surface area contributed by atoms with E-state index in [2.05, 4.69) is 20.9 Å². The lowest BCUT2D eigenvalue weighted by molar-refractivity contribution is -0.122. The van der Waals surface area contributed by atoms with Gasteiger partial charge in [-0.2, -0.15) is 11.8 Å². The molecule has 9 heteroatoms. The Morgan fingerprint density at radius 3 is 2.54 bits per heavy atom. The first-order valence-electron chi connectivity index (χ1n) is 8.63. The second-order valence-electron chi connectivity index (χ2n) is 5.97. The van der Waals surface area contributed by atoms with Crippen molar-refractivity contribution in [2.45, 2.75) is 25.6 Å². The number of hydrogen-bond acceptors (Lipinski definition) is 5. The van der Waals surface area contributed by atoms with Crippen LogP contribution in [-0.2, 0) is 17.9 Å². The van der Waals surface area contributed by atoms with Crippen LogP contribution in [-0.4, -0.2) is 35.0 Å². The third-order valence-electron chi connectivity index (χ3n) is 3.82. The molecule has 0 saturated carbocycles. The summed E-state index contributed by atoms with van der Waals surface area (Å²) >= 11 is 1.66. The molecular formula is C19H26ClN5O2S. The molecule has 0 saturated heterocycles. The minimum atomic E-state index is -0.502. The summed E-state index contributed by atoms with van der Waals surface area (Å²) in [6.07, 6.45) is 5.99. The zero-order valence-corrected chi connectivity index (χ0v) is 17.3. The Hall–Kier alpha value is -2.29. The number of anilines is 1. The quantitative estimate of drug-likeness (QED) is 0.495. The van der Waals surface area contributed by atoms with Crippen molar-refractivity contribution in [1.29, 1.82) is 0 Å². The molecule has 0 aliphatic rings. The van der Waals surface area contributed by atoms with Crippen LogP contribution in [0.5, 0.6) is 0 Å². The van der Waals surface area contributed by atoms with Crippen molar-refractivity contribution in [3.63, 3.8) is 0 Å². The first kappa shape index (κ1) is 23.7. The van der Waals surface area contributed by atoms with E-state index in [0.717, 1.165) is 16.9 Å². The van der Waals surface area contributed by atoms with Gasteiger partial charge in [-0.15, -0.1) is 12.4 Å². The topological polar surface area (TPSA) is 109 Å². The molecule has 2 rings (SSSR count). The second kappa shape index (κ2) is 13.0. The van der Waals surface area contributed by atoms with E-state index in [4.69, 9.17) is 5.73 Å². The molecule has 1 aromatic heterocycles. The zero-order chi connectivity index (χ0) is 19.5. The standard InChI is InChI=1S/C19H25N5O2S.ClH/c1-27-10-7-17(20)18(25)22-13-15-3-2-4-16(11-15)24-19(26)23-12-14-5-8-21-9-6-14;/h2-6,8-9,11,17H,7,10,12-13,20H2,1H3,(H,22,25)(H2,23,24,26);1H/t17-;/m0./s1. The van der Waals surface area contributed by atoms with Gasteiger partial charge in [-0.1, -0.05) is 12.1 Å². The Kier molecular flexibility index (Phi) is 11.0. The molecule has 152 valence electrons. The number of hydrogen-bond donors (Lipinski definition) is 4. The zero-order valence-electron chi connectivity index (χ0n) is 15.7. The number of halogens is 1. The molecule has 0 spiro atoms. The highest BCUT2D eigenvalue weighted by molar-refractivity contribution is 7.98. The van der Waals surface area contributed by atoms with Gasteiger partial charge in [0, 0.05) is 31.2 Å². The molecule has 0 aliphatic heterocycles. The van der Waals surface area contributed by atoms with Crippen LogP contribution < -0.4 is 21.7 Å². The van der Waals surface area contributed by atoms with Crippen molar-refractivity contribution in [2.24, 2.45) is 5.73 Å². The molecule has 0 bridgehead atoms. The van der Waals surface area contributed by atoms with E-state index in [1.54, 1.807) is 30.2 Å². The Balaban J connectivity index is 0.00000392. The van der Waals surface area contributed by atoms with Crippen LogP contribution in [0.1, 0.15) is 17.5 Å². The molecule has 5 N–H and O–H groups in total. The van der Waals surface area contributed by atoms with Gasteiger partial charge in [-0.25, -0.2) is 4.79 Å². The highest BCUT2D eigenvalue weighted by atomic mass is 35.5. The monoisotopic (exact) mass is 423 g/mol. The van der Waals surface area contributed by atoms with Crippen LogP contribution in [0, 0.1) is 0 Å². The molecule has 0 aliphatic carbocycles. The summed E-state index contributed by atoms with van der Waals surface area (Å²) in [7, 11) is 0. The summed E-state index contributed by atoms with van der Waals surface area (Å²) in [5, 5.41) is 8.40. The van der Waals surface area contributed by atoms with Gasteiger partial charge >= 0.3 is 6.03 Å². The second-order valence-corrected chi connectivity index (χ2v) is 6.95. The highest BCUT2D eigenvalue weighted by Gasteiger charge is 2.12. The molecule has 0 radical (unpaired) electrons. The SMILES string of the molecule is CSCC[C@H](N)C(=O)NCc1cccc(NC(=O)NCc2ccncc2)c1.Cl. The summed E-state index contributed by atoms with van der Waals surface area (Å²) in [4.78, 5) is 27.9. The normalized spacial score (nSPS) is 11.1. The van der Waals surface area contributed by atoms with Crippen LogP contribution in [0.2, 0.25) is 0 Å². The summed E-state index contributed by atoms with van der Waals surface area (Å²) in [5.74, 6) is 0.681. The molecule has 7 nitrogen and oxygen atoms in total. The maximum absolute atomic E-state index is 12.0. The average Bonchev–Trinajstić information content (AvgIpc) is 2.69. The first-order valence-corrected chi connectivity index (χ1v) is 10.0. The number of rotatable bonds is 9. The largest absolute Gasteiger partial charge is 0.351 e. The number of thioether (sulfide) groups is 1. The van der Waals surface area contributed by atoms with Gasteiger partial charge in [0.25, 0.3) is 0 Å². The molecule has 1 aromatic carbocycles. The third kappa shape index (κ3) is 8.60. The molecule has 1 heterocycles. The fraction of sp³-hybridized carbons (Fsp3) is 0.316. The van der Waals surface area contributed by atoms with Crippen molar-refractivity contribution < 1.29 is 9.59 Å². The number of nitrogens with two attached hydrogens (primary N) is 1. The fourth-order valence-corrected chi connectivity index (χ4v) is 2.80. The van der Waals surface area contributed by atoms with Gasteiger partial charge in [0.15, 0.2) is 0 Å². The van der Waals surface area contributed by atoms with Gasteiger partial charge in [0.05, 0.1) is 6.04 Å². The number of nitrogens with zero attached hydrogens (tertiary/aromatic N) is 1. The van der Waals surface area contributed by atoms with E-state index >= 15 is 0 Å². The highest BCUT2D eigenvalue weighted by Crippen LogP contribution is 2.11. The van der Waals surface area contributed by atoms with Crippen LogP contribution >= 0.6 is 24.2 Å². The summed E-state index contributed by atoms with van der Waals surface area (Å²) in [6.45, 7) is 0.776. The molecule has 2 aromatic rings. The lowest BCUT2D eigenvalue weighted by atomic mass is 10.2. The Morgan fingerprint density at radius 1 is 1.11 bits per heavy atom. The smallest absolute Gasteiger partial charge is 0.319 e. The summed E-state index contributed by atoms with van der Waals surface area (Å²) < 4.78 is 0. The lowest BCUT2D eigenvalue weighted by Crippen LogP contribution is -2.40. The van der Waals surface area contributed by atoms with Crippen molar-refractivity contribution in [3.8, 4) is 0 Å². The Bertz CT molecular complexity index is 748. The molecular weight excluding hydrogens is 398 g/mol. The summed E-state index contributed by atoms with van der Waals surface area (Å²) in [6, 6.07) is 10.2.